The fourth-order valence-corrected chi connectivity index (χ4v) is 0.820. The second-order valence-corrected chi connectivity index (χ2v) is 2.50. The monoisotopic (exact) mass is 145 g/mol. The van der Waals surface area contributed by atoms with Crippen LogP contribution < -0.4 is 0 Å². The normalized spacial score (nSPS) is 19.0. The number of likely N-dealkylation sites (N-methyl/N-ethyl adjacent to an activating group) is 1. The van der Waals surface area contributed by atoms with E-state index in [0.29, 0.717) is 19.3 Å². The Kier molecular flexibility index (Phi) is 2.24. The molecule has 1 aliphatic heterocycles. The summed E-state index contributed by atoms with van der Waals surface area (Å²) in [5, 5.41) is 8.37. The van der Waals surface area contributed by atoms with Gasteiger partial charge in [-0.3, -0.25) is 9.69 Å². The lowest BCUT2D eigenvalue weighted by molar-refractivity contribution is -0.141. The first-order chi connectivity index (χ1) is 4.70. The lowest BCUT2D eigenvalue weighted by atomic mass is 10.2. The number of nitrogens with zero attached hydrogens (tertiary/aromatic N) is 1. The molecule has 0 aliphatic carbocycles. The SMILES string of the molecule is CN(CC(=O)O)C1COC1. The van der Waals surface area contributed by atoms with Crippen molar-refractivity contribution in [1.82, 2.24) is 4.90 Å². The molecule has 10 heavy (non-hydrogen) atoms. The van der Waals surface area contributed by atoms with Crippen LogP contribution in [0.25, 0.3) is 0 Å². The average Bonchev–Trinajstić information content (AvgIpc) is 1.55. The molecule has 0 bridgehead atoms. The highest BCUT2D eigenvalue weighted by Gasteiger charge is 2.23. The lowest BCUT2D eigenvalue weighted by Crippen LogP contribution is -2.48. The summed E-state index contributed by atoms with van der Waals surface area (Å²) < 4.78 is 4.90. The number of carboxylic acid groups (broad SMARTS) is 1. The number of hydrogen-bond acceptors (Lipinski definition) is 3. The summed E-state index contributed by atoms with van der Waals surface area (Å²) in [6, 6.07) is 0.316. The second-order valence-electron chi connectivity index (χ2n) is 2.50. The van der Waals surface area contributed by atoms with Gasteiger partial charge in [-0.25, -0.2) is 0 Å². The Labute approximate surface area is 59.4 Å². The predicted octanol–water partition coefficient (Wildman–Crippen LogP) is -0.598. The number of carbonyl (C=O) groups is 1. The van der Waals surface area contributed by atoms with Gasteiger partial charge in [-0.15, -0.1) is 0 Å². The molecule has 0 aromatic carbocycles. The second kappa shape index (κ2) is 2.98. The van der Waals surface area contributed by atoms with Gasteiger partial charge in [0, 0.05) is 0 Å². The van der Waals surface area contributed by atoms with Crippen LogP contribution in [0.2, 0.25) is 0 Å². The summed E-state index contributed by atoms with van der Waals surface area (Å²) in [5.41, 5.74) is 0. The van der Waals surface area contributed by atoms with Gasteiger partial charge in [0.15, 0.2) is 0 Å². The third-order valence-electron chi connectivity index (χ3n) is 1.63. The van der Waals surface area contributed by atoms with E-state index in [1.807, 2.05) is 0 Å². The first-order valence-electron chi connectivity index (χ1n) is 3.20. The van der Waals surface area contributed by atoms with Crippen molar-refractivity contribution >= 4 is 5.97 Å². The van der Waals surface area contributed by atoms with Gasteiger partial charge in [0.2, 0.25) is 0 Å². The third kappa shape index (κ3) is 1.68. The van der Waals surface area contributed by atoms with Crippen LogP contribution in [0, 0.1) is 0 Å². The summed E-state index contributed by atoms with van der Waals surface area (Å²) in [4.78, 5) is 12.0. The standard InChI is InChI=1S/C6H11NO3/c1-7(2-6(8)9)5-3-10-4-5/h5H,2-4H2,1H3,(H,8,9). The van der Waals surface area contributed by atoms with E-state index in [0.717, 1.165) is 0 Å². The van der Waals surface area contributed by atoms with Crippen molar-refractivity contribution in [3.8, 4) is 0 Å². The minimum Gasteiger partial charge on any atom is -0.480 e. The topological polar surface area (TPSA) is 49.8 Å². The molecule has 1 saturated heterocycles. The van der Waals surface area contributed by atoms with Crippen LogP contribution in [0.1, 0.15) is 0 Å². The Morgan fingerprint density at radius 2 is 2.40 bits per heavy atom. The van der Waals surface area contributed by atoms with E-state index in [4.69, 9.17) is 9.84 Å². The van der Waals surface area contributed by atoms with Crippen LogP contribution in [-0.4, -0.2) is 48.8 Å². The molecule has 0 aromatic rings. The van der Waals surface area contributed by atoms with E-state index in [1.165, 1.54) is 0 Å². The van der Waals surface area contributed by atoms with Crippen molar-refractivity contribution in [3.63, 3.8) is 0 Å². The van der Waals surface area contributed by atoms with E-state index in [-0.39, 0.29) is 6.54 Å². The highest BCUT2D eigenvalue weighted by Crippen LogP contribution is 2.06. The van der Waals surface area contributed by atoms with E-state index in [9.17, 15) is 4.79 Å². The predicted molar refractivity (Wildman–Crippen MR) is 34.9 cm³/mol. The first kappa shape index (κ1) is 7.50. The fraction of sp³-hybridized carbons (Fsp3) is 0.833. The maximum atomic E-state index is 10.2. The van der Waals surface area contributed by atoms with Crippen molar-refractivity contribution in [2.24, 2.45) is 0 Å². The molecule has 1 heterocycles. The van der Waals surface area contributed by atoms with Crippen molar-refractivity contribution in [2.75, 3.05) is 26.8 Å². The quantitative estimate of drug-likeness (QED) is 0.576. The van der Waals surface area contributed by atoms with Crippen molar-refractivity contribution in [3.05, 3.63) is 0 Å². The minimum absolute atomic E-state index is 0.105. The van der Waals surface area contributed by atoms with Crippen LogP contribution in [0.3, 0.4) is 0 Å². The summed E-state index contributed by atoms with van der Waals surface area (Å²) in [7, 11) is 1.79. The molecular weight excluding hydrogens is 134 g/mol. The number of hydrogen-bond donors (Lipinski definition) is 1. The van der Waals surface area contributed by atoms with Crippen LogP contribution in [0.5, 0.6) is 0 Å². The number of aliphatic carboxylic acids is 1. The van der Waals surface area contributed by atoms with E-state index in [1.54, 1.807) is 11.9 Å². The molecule has 0 amide bonds. The molecule has 58 valence electrons. The van der Waals surface area contributed by atoms with Crippen LogP contribution in [0.4, 0.5) is 0 Å². The van der Waals surface area contributed by atoms with E-state index < -0.39 is 5.97 Å². The third-order valence-corrected chi connectivity index (χ3v) is 1.63. The summed E-state index contributed by atoms with van der Waals surface area (Å²) >= 11 is 0. The van der Waals surface area contributed by atoms with Crippen LogP contribution in [-0.2, 0) is 9.53 Å². The smallest absolute Gasteiger partial charge is 0.317 e. The number of carboxylic acids is 1. The number of ether oxygens (including phenoxy) is 1. The van der Waals surface area contributed by atoms with Crippen molar-refractivity contribution < 1.29 is 14.6 Å². The fourth-order valence-electron chi connectivity index (χ4n) is 0.820. The molecule has 1 fully saturated rings. The van der Waals surface area contributed by atoms with Gasteiger partial charge in [-0.05, 0) is 7.05 Å². The zero-order valence-corrected chi connectivity index (χ0v) is 5.91. The molecule has 1 rings (SSSR count). The summed E-state index contributed by atoms with van der Waals surface area (Å²) in [5.74, 6) is -0.783. The van der Waals surface area contributed by atoms with Gasteiger partial charge in [-0.1, -0.05) is 0 Å². The Balaban J connectivity index is 2.19. The number of rotatable bonds is 3. The van der Waals surface area contributed by atoms with Gasteiger partial charge in [0.1, 0.15) is 0 Å². The Morgan fingerprint density at radius 3 is 2.70 bits per heavy atom. The molecule has 0 unspecified atom stereocenters. The van der Waals surface area contributed by atoms with Crippen molar-refractivity contribution in [2.45, 2.75) is 6.04 Å². The molecule has 1 N–H and O–H groups in total. The molecule has 0 spiro atoms. The largest absolute Gasteiger partial charge is 0.480 e. The molecule has 4 nitrogen and oxygen atoms in total. The van der Waals surface area contributed by atoms with Crippen LogP contribution >= 0.6 is 0 Å². The zero-order chi connectivity index (χ0) is 7.56. The Morgan fingerprint density at radius 1 is 1.80 bits per heavy atom. The van der Waals surface area contributed by atoms with Crippen molar-refractivity contribution in [1.29, 1.82) is 0 Å². The molecule has 0 radical (unpaired) electrons. The van der Waals surface area contributed by atoms with E-state index in [2.05, 4.69) is 0 Å². The van der Waals surface area contributed by atoms with E-state index >= 15 is 0 Å². The Hall–Kier alpha value is -0.610. The zero-order valence-electron chi connectivity index (χ0n) is 5.91. The average molecular weight is 145 g/mol. The maximum absolute atomic E-state index is 10.2. The molecular formula is C6H11NO3. The van der Waals surface area contributed by atoms with Gasteiger partial charge >= 0.3 is 5.97 Å². The first-order valence-corrected chi connectivity index (χ1v) is 3.20. The molecule has 4 heteroatoms. The highest BCUT2D eigenvalue weighted by atomic mass is 16.5. The van der Waals surface area contributed by atoms with Gasteiger partial charge in [-0.2, -0.15) is 0 Å². The maximum Gasteiger partial charge on any atom is 0.317 e. The molecule has 1 aliphatic rings. The molecule has 0 saturated carbocycles. The minimum atomic E-state index is -0.783. The molecule has 0 atom stereocenters. The lowest BCUT2D eigenvalue weighted by Gasteiger charge is -2.33. The summed E-state index contributed by atoms with van der Waals surface area (Å²) in [6.45, 7) is 1.45. The van der Waals surface area contributed by atoms with Gasteiger partial charge in [0.25, 0.3) is 0 Å². The van der Waals surface area contributed by atoms with Gasteiger partial charge < -0.3 is 9.84 Å². The van der Waals surface area contributed by atoms with Gasteiger partial charge in [0.05, 0.1) is 25.8 Å². The summed E-state index contributed by atoms with van der Waals surface area (Å²) in [6.07, 6.45) is 0. The highest BCUT2D eigenvalue weighted by molar-refractivity contribution is 5.69. The Bertz CT molecular complexity index is 133. The van der Waals surface area contributed by atoms with Crippen LogP contribution in [0.15, 0.2) is 0 Å². The molecule has 0 aromatic heterocycles.